The fourth-order valence-corrected chi connectivity index (χ4v) is 2.39. The van der Waals surface area contributed by atoms with Gasteiger partial charge in [-0.1, -0.05) is 30.7 Å². The van der Waals surface area contributed by atoms with Gasteiger partial charge in [-0.25, -0.2) is 0 Å². The average Bonchev–Trinajstić information content (AvgIpc) is 2.33. The molecule has 2 nitrogen and oxygen atoms in total. The van der Waals surface area contributed by atoms with E-state index in [9.17, 15) is 4.79 Å². The van der Waals surface area contributed by atoms with E-state index >= 15 is 0 Å². The molecule has 0 bridgehead atoms. The molecular formula is C13H18ClNOS. The summed E-state index contributed by atoms with van der Waals surface area (Å²) in [6.07, 6.45) is 0.970. The summed E-state index contributed by atoms with van der Waals surface area (Å²) in [6.45, 7) is 4.73. The van der Waals surface area contributed by atoms with Crippen LogP contribution in [0.1, 0.15) is 25.8 Å². The van der Waals surface area contributed by atoms with Gasteiger partial charge in [0.1, 0.15) is 0 Å². The van der Waals surface area contributed by atoms with Crippen molar-refractivity contribution in [3.05, 3.63) is 34.9 Å². The van der Waals surface area contributed by atoms with Gasteiger partial charge in [-0.05, 0) is 31.0 Å². The van der Waals surface area contributed by atoms with Crippen LogP contribution in [0.2, 0.25) is 5.02 Å². The number of benzene rings is 1. The SMILES string of the molecule is CCCNC(=O)C(C)SCc1cccc(Cl)c1. The van der Waals surface area contributed by atoms with E-state index in [0.29, 0.717) is 0 Å². The minimum atomic E-state index is -0.0273. The monoisotopic (exact) mass is 271 g/mol. The summed E-state index contributed by atoms with van der Waals surface area (Å²) in [5, 5.41) is 3.61. The van der Waals surface area contributed by atoms with E-state index < -0.39 is 0 Å². The quantitative estimate of drug-likeness (QED) is 0.858. The zero-order valence-electron chi connectivity index (χ0n) is 10.2. The van der Waals surface area contributed by atoms with Crippen LogP contribution in [-0.2, 0) is 10.5 Å². The molecule has 1 amide bonds. The minimum Gasteiger partial charge on any atom is -0.355 e. The van der Waals surface area contributed by atoms with Gasteiger partial charge in [-0.15, -0.1) is 11.8 Å². The molecule has 0 heterocycles. The third-order valence-corrected chi connectivity index (χ3v) is 3.76. The van der Waals surface area contributed by atoms with Crippen molar-refractivity contribution in [2.24, 2.45) is 0 Å². The zero-order valence-corrected chi connectivity index (χ0v) is 11.8. The summed E-state index contributed by atoms with van der Waals surface area (Å²) in [6, 6.07) is 7.74. The van der Waals surface area contributed by atoms with Crippen LogP contribution in [0.4, 0.5) is 0 Å². The Bertz CT molecular complexity index is 370. The summed E-state index contributed by atoms with van der Waals surface area (Å²) >= 11 is 7.53. The maximum absolute atomic E-state index is 11.6. The Morgan fingerprint density at radius 1 is 1.53 bits per heavy atom. The van der Waals surface area contributed by atoms with Crippen LogP contribution in [0.25, 0.3) is 0 Å². The van der Waals surface area contributed by atoms with Crippen molar-refractivity contribution < 1.29 is 4.79 Å². The van der Waals surface area contributed by atoms with Crippen LogP contribution in [0.3, 0.4) is 0 Å². The predicted octanol–water partition coefficient (Wildman–Crippen LogP) is 3.49. The van der Waals surface area contributed by atoms with Crippen LogP contribution in [-0.4, -0.2) is 17.7 Å². The fraction of sp³-hybridized carbons (Fsp3) is 0.462. The predicted molar refractivity (Wildman–Crippen MR) is 75.5 cm³/mol. The summed E-state index contributed by atoms with van der Waals surface area (Å²) in [5.74, 6) is 0.917. The summed E-state index contributed by atoms with van der Waals surface area (Å²) < 4.78 is 0. The first kappa shape index (κ1) is 14.4. The molecule has 0 fully saturated rings. The molecule has 1 aromatic carbocycles. The molecule has 0 saturated heterocycles. The molecule has 1 N–H and O–H groups in total. The lowest BCUT2D eigenvalue weighted by atomic mass is 10.2. The van der Waals surface area contributed by atoms with Gasteiger partial charge < -0.3 is 5.32 Å². The van der Waals surface area contributed by atoms with Crippen molar-refractivity contribution in [2.75, 3.05) is 6.54 Å². The van der Waals surface area contributed by atoms with Crippen LogP contribution >= 0.6 is 23.4 Å². The zero-order chi connectivity index (χ0) is 12.7. The molecule has 1 rings (SSSR count). The van der Waals surface area contributed by atoms with Gasteiger partial charge in [0.25, 0.3) is 0 Å². The lowest BCUT2D eigenvalue weighted by Gasteiger charge is -2.11. The van der Waals surface area contributed by atoms with Gasteiger partial charge in [-0.3, -0.25) is 4.79 Å². The number of amides is 1. The number of hydrogen-bond donors (Lipinski definition) is 1. The van der Waals surface area contributed by atoms with E-state index in [1.807, 2.05) is 38.1 Å². The highest BCUT2D eigenvalue weighted by Crippen LogP contribution is 2.20. The van der Waals surface area contributed by atoms with E-state index in [-0.39, 0.29) is 11.2 Å². The first-order valence-corrected chi connectivity index (χ1v) is 7.20. The number of carbonyl (C=O) groups is 1. The highest BCUT2D eigenvalue weighted by Gasteiger charge is 2.12. The maximum atomic E-state index is 11.6. The van der Waals surface area contributed by atoms with Crippen LogP contribution in [0, 0.1) is 0 Å². The van der Waals surface area contributed by atoms with Gasteiger partial charge in [-0.2, -0.15) is 0 Å². The molecule has 0 spiro atoms. The average molecular weight is 272 g/mol. The fourth-order valence-electron chi connectivity index (χ4n) is 1.32. The largest absolute Gasteiger partial charge is 0.355 e. The molecule has 0 aliphatic rings. The van der Waals surface area contributed by atoms with Crippen molar-refractivity contribution >= 4 is 29.3 Å². The minimum absolute atomic E-state index is 0.0273. The van der Waals surface area contributed by atoms with Gasteiger partial charge in [0.2, 0.25) is 5.91 Å². The number of nitrogens with one attached hydrogen (secondary N) is 1. The number of rotatable bonds is 6. The van der Waals surface area contributed by atoms with E-state index in [2.05, 4.69) is 5.32 Å². The van der Waals surface area contributed by atoms with E-state index in [1.54, 1.807) is 11.8 Å². The lowest BCUT2D eigenvalue weighted by molar-refractivity contribution is -0.120. The van der Waals surface area contributed by atoms with E-state index in [0.717, 1.165) is 29.3 Å². The molecule has 17 heavy (non-hydrogen) atoms. The number of halogens is 1. The van der Waals surface area contributed by atoms with E-state index in [1.165, 1.54) is 0 Å². The van der Waals surface area contributed by atoms with Crippen molar-refractivity contribution in [2.45, 2.75) is 31.3 Å². The Balaban J connectivity index is 2.37. The second kappa shape index (κ2) is 7.62. The smallest absolute Gasteiger partial charge is 0.232 e. The van der Waals surface area contributed by atoms with Crippen molar-refractivity contribution in [1.82, 2.24) is 5.32 Å². The Kier molecular flexibility index (Phi) is 6.45. The standard InChI is InChI=1S/C13H18ClNOS/c1-3-7-15-13(16)10(2)17-9-11-5-4-6-12(14)8-11/h4-6,8,10H,3,7,9H2,1-2H3,(H,15,16). The van der Waals surface area contributed by atoms with Gasteiger partial charge in [0.15, 0.2) is 0 Å². The molecule has 0 aliphatic carbocycles. The maximum Gasteiger partial charge on any atom is 0.232 e. The van der Waals surface area contributed by atoms with Gasteiger partial charge in [0, 0.05) is 17.3 Å². The van der Waals surface area contributed by atoms with Crippen LogP contribution < -0.4 is 5.32 Å². The molecule has 4 heteroatoms. The number of hydrogen-bond acceptors (Lipinski definition) is 2. The van der Waals surface area contributed by atoms with Crippen LogP contribution in [0.5, 0.6) is 0 Å². The normalized spacial score (nSPS) is 12.2. The molecular weight excluding hydrogens is 254 g/mol. The van der Waals surface area contributed by atoms with Crippen molar-refractivity contribution in [3.63, 3.8) is 0 Å². The van der Waals surface area contributed by atoms with E-state index in [4.69, 9.17) is 11.6 Å². The molecule has 0 radical (unpaired) electrons. The van der Waals surface area contributed by atoms with Gasteiger partial charge >= 0.3 is 0 Å². The Morgan fingerprint density at radius 2 is 2.29 bits per heavy atom. The summed E-state index contributed by atoms with van der Waals surface area (Å²) in [4.78, 5) is 11.6. The Hall–Kier alpha value is -0.670. The molecule has 1 aromatic rings. The molecule has 1 atom stereocenters. The third-order valence-electron chi connectivity index (χ3n) is 2.31. The first-order chi connectivity index (χ1) is 8.13. The third kappa shape index (κ3) is 5.46. The highest BCUT2D eigenvalue weighted by molar-refractivity contribution is 7.99. The first-order valence-electron chi connectivity index (χ1n) is 5.77. The molecule has 0 aliphatic heterocycles. The Morgan fingerprint density at radius 3 is 2.94 bits per heavy atom. The molecule has 0 saturated carbocycles. The summed E-state index contributed by atoms with van der Waals surface area (Å²) in [7, 11) is 0. The molecule has 94 valence electrons. The molecule has 0 aromatic heterocycles. The van der Waals surface area contributed by atoms with Crippen LogP contribution in [0.15, 0.2) is 24.3 Å². The topological polar surface area (TPSA) is 29.1 Å². The molecule has 1 unspecified atom stereocenters. The summed E-state index contributed by atoms with van der Waals surface area (Å²) in [5.41, 5.74) is 1.15. The highest BCUT2D eigenvalue weighted by atomic mass is 35.5. The Labute approximate surface area is 112 Å². The number of carbonyl (C=O) groups excluding carboxylic acids is 1. The van der Waals surface area contributed by atoms with Crippen molar-refractivity contribution in [3.8, 4) is 0 Å². The van der Waals surface area contributed by atoms with Gasteiger partial charge in [0.05, 0.1) is 5.25 Å². The number of thioether (sulfide) groups is 1. The second-order valence-electron chi connectivity index (χ2n) is 3.87. The lowest BCUT2D eigenvalue weighted by Crippen LogP contribution is -2.31. The second-order valence-corrected chi connectivity index (χ2v) is 5.64. The van der Waals surface area contributed by atoms with Crippen molar-refractivity contribution in [1.29, 1.82) is 0 Å².